The number of aromatic nitrogens is 2. The third kappa shape index (κ3) is 4.73. The van der Waals surface area contributed by atoms with Gasteiger partial charge in [0.15, 0.2) is 5.96 Å². The van der Waals surface area contributed by atoms with Gasteiger partial charge in [0, 0.05) is 50.7 Å². The number of anilines is 1. The molecule has 0 aliphatic carbocycles. The first-order chi connectivity index (χ1) is 10.7. The molecule has 0 fully saturated rings. The maximum absolute atomic E-state index is 5.90. The molecule has 0 aromatic carbocycles. The van der Waals surface area contributed by atoms with Gasteiger partial charge in [0.05, 0.1) is 6.54 Å². The number of guanidine groups is 1. The van der Waals surface area contributed by atoms with E-state index in [-0.39, 0.29) is 0 Å². The third-order valence-corrected chi connectivity index (χ3v) is 3.12. The number of nitrogens with zero attached hydrogens (tertiary/aromatic N) is 4. The van der Waals surface area contributed by atoms with Crippen molar-refractivity contribution in [3.63, 3.8) is 0 Å². The van der Waals surface area contributed by atoms with E-state index in [9.17, 15) is 0 Å². The molecule has 0 saturated carbocycles. The minimum atomic E-state index is 0.435. The Morgan fingerprint density at radius 1 is 1.18 bits per heavy atom. The first kappa shape index (κ1) is 15.8. The number of aliphatic imine (C=N–C) groups is 1. The van der Waals surface area contributed by atoms with Gasteiger partial charge in [0.1, 0.15) is 5.82 Å². The van der Waals surface area contributed by atoms with Gasteiger partial charge in [0.25, 0.3) is 0 Å². The largest absolute Gasteiger partial charge is 0.370 e. The van der Waals surface area contributed by atoms with Crippen molar-refractivity contribution in [2.45, 2.75) is 13.0 Å². The Bertz CT molecular complexity index is 609. The highest BCUT2D eigenvalue weighted by Gasteiger charge is 2.04. The van der Waals surface area contributed by atoms with Gasteiger partial charge in [-0.3, -0.25) is 4.98 Å². The lowest BCUT2D eigenvalue weighted by atomic mass is 10.2. The molecule has 6 heteroatoms. The lowest BCUT2D eigenvalue weighted by molar-refractivity contribution is 0.827. The smallest absolute Gasteiger partial charge is 0.188 e. The van der Waals surface area contributed by atoms with Crippen molar-refractivity contribution in [2.75, 3.05) is 25.5 Å². The summed E-state index contributed by atoms with van der Waals surface area (Å²) in [6, 6.07) is 9.79. The van der Waals surface area contributed by atoms with Gasteiger partial charge in [-0.1, -0.05) is 12.1 Å². The summed E-state index contributed by atoms with van der Waals surface area (Å²) in [5.41, 5.74) is 7.97. The summed E-state index contributed by atoms with van der Waals surface area (Å²) in [7, 11) is 3.92. The van der Waals surface area contributed by atoms with Crippen LogP contribution in [0.25, 0.3) is 0 Å². The Morgan fingerprint density at radius 3 is 2.73 bits per heavy atom. The minimum Gasteiger partial charge on any atom is -0.370 e. The summed E-state index contributed by atoms with van der Waals surface area (Å²) in [6.07, 6.45) is 4.38. The predicted octanol–water partition coefficient (Wildman–Crippen LogP) is 1.19. The molecule has 2 heterocycles. The monoisotopic (exact) mass is 298 g/mol. The molecule has 2 rings (SSSR count). The number of hydrogen-bond acceptors (Lipinski definition) is 4. The fourth-order valence-electron chi connectivity index (χ4n) is 2.05. The number of rotatable bonds is 6. The van der Waals surface area contributed by atoms with Crippen LogP contribution in [0, 0.1) is 0 Å². The first-order valence-corrected chi connectivity index (χ1v) is 7.21. The Balaban J connectivity index is 1.85. The van der Waals surface area contributed by atoms with Gasteiger partial charge in [-0.25, -0.2) is 9.98 Å². The summed E-state index contributed by atoms with van der Waals surface area (Å²) in [5.74, 6) is 1.34. The minimum absolute atomic E-state index is 0.435. The lowest BCUT2D eigenvalue weighted by Gasteiger charge is -2.14. The van der Waals surface area contributed by atoms with Crippen LogP contribution in [0.2, 0.25) is 0 Å². The van der Waals surface area contributed by atoms with Crippen molar-refractivity contribution in [3.8, 4) is 0 Å². The van der Waals surface area contributed by atoms with Gasteiger partial charge in [-0.05, 0) is 18.2 Å². The van der Waals surface area contributed by atoms with Crippen LogP contribution in [0.4, 0.5) is 5.82 Å². The van der Waals surface area contributed by atoms with Gasteiger partial charge in [0.2, 0.25) is 0 Å². The van der Waals surface area contributed by atoms with Crippen LogP contribution in [-0.4, -0.2) is 36.6 Å². The molecule has 0 saturated heterocycles. The molecule has 0 bridgehead atoms. The Kier molecular flexibility index (Phi) is 5.71. The van der Waals surface area contributed by atoms with E-state index in [1.807, 2.05) is 49.3 Å². The van der Waals surface area contributed by atoms with E-state index in [1.165, 1.54) is 0 Å². The van der Waals surface area contributed by atoms with Crippen LogP contribution in [0.5, 0.6) is 0 Å². The van der Waals surface area contributed by atoms with Crippen LogP contribution < -0.4 is 16.0 Å². The molecule has 116 valence electrons. The predicted molar refractivity (Wildman–Crippen MR) is 89.8 cm³/mol. The average Bonchev–Trinajstić information content (AvgIpc) is 2.54. The zero-order valence-corrected chi connectivity index (χ0v) is 13.0. The summed E-state index contributed by atoms with van der Waals surface area (Å²) in [6.45, 7) is 1.21. The fraction of sp³-hybridized carbons (Fsp3) is 0.312. The molecule has 0 spiro atoms. The number of nitrogens with one attached hydrogen (secondary N) is 1. The molecule has 0 amide bonds. The summed E-state index contributed by atoms with van der Waals surface area (Å²) in [5, 5.41) is 3.10. The quantitative estimate of drug-likeness (QED) is 0.618. The summed E-state index contributed by atoms with van der Waals surface area (Å²) >= 11 is 0. The molecule has 2 aromatic heterocycles. The molecule has 0 unspecified atom stereocenters. The van der Waals surface area contributed by atoms with E-state index >= 15 is 0 Å². The number of hydrogen-bond donors (Lipinski definition) is 2. The van der Waals surface area contributed by atoms with Gasteiger partial charge in [-0.2, -0.15) is 0 Å². The van der Waals surface area contributed by atoms with Gasteiger partial charge >= 0.3 is 0 Å². The molecule has 22 heavy (non-hydrogen) atoms. The normalized spacial score (nSPS) is 11.3. The van der Waals surface area contributed by atoms with Crippen LogP contribution >= 0.6 is 0 Å². The van der Waals surface area contributed by atoms with Crippen molar-refractivity contribution in [1.29, 1.82) is 0 Å². The summed E-state index contributed by atoms with van der Waals surface area (Å²) in [4.78, 5) is 14.9. The highest BCUT2D eigenvalue weighted by Crippen LogP contribution is 2.14. The van der Waals surface area contributed by atoms with Crippen LogP contribution in [0.15, 0.2) is 47.7 Å². The molecule has 0 radical (unpaired) electrons. The fourth-order valence-corrected chi connectivity index (χ4v) is 2.05. The van der Waals surface area contributed by atoms with E-state index in [2.05, 4.69) is 20.3 Å². The standard InChI is InChI=1S/C16H22N6/c1-22(2)15-13(6-5-10-19-15)12-21-16(17)20-11-8-14-7-3-4-9-18-14/h3-7,9-10H,8,11-12H2,1-2H3,(H3,17,20,21). The molecule has 2 aromatic rings. The maximum atomic E-state index is 5.90. The van der Waals surface area contributed by atoms with Crippen LogP contribution in [-0.2, 0) is 13.0 Å². The average molecular weight is 298 g/mol. The number of nitrogens with two attached hydrogens (primary N) is 1. The van der Waals surface area contributed by atoms with Crippen molar-refractivity contribution >= 4 is 11.8 Å². The zero-order valence-electron chi connectivity index (χ0n) is 13.0. The highest BCUT2D eigenvalue weighted by atomic mass is 15.1. The second-order valence-electron chi connectivity index (χ2n) is 5.08. The molecule has 6 nitrogen and oxygen atoms in total. The first-order valence-electron chi connectivity index (χ1n) is 7.21. The maximum Gasteiger partial charge on any atom is 0.188 e. The SMILES string of the molecule is CN(C)c1ncccc1CN=C(N)NCCc1ccccn1. The topological polar surface area (TPSA) is 79.4 Å². The zero-order chi connectivity index (χ0) is 15.8. The second kappa shape index (κ2) is 7.97. The Morgan fingerprint density at radius 2 is 2.00 bits per heavy atom. The van der Waals surface area contributed by atoms with E-state index < -0.39 is 0 Å². The molecule has 0 atom stereocenters. The second-order valence-corrected chi connectivity index (χ2v) is 5.08. The number of pyridine rings is 2. The van der Waals surface area contributed by atoms with Crippen molar-refractivity contribution in [3.05, 3.63) is 54.0 Å². The van der Waals surface area contributed by atoms with Crippen molar-refractivity contribution in [2.24, 2.45) is 10.7 Å². The van der Waals surface area contributed by atoms with Crippen LogP contribution in [0.3, 0.4) is 0 Å². The van der Waals surface area contributed by atoms with Crippen molar-refractivity contribution in [1.82, 2.24) is 15.3 Å². The van der Waals surface area contributed by atoms with E-state index in [4.69, 9.17) is 5.73 Å². The Hall–Kier alpha value is -2.63. The molecular weight excluding hydrogens is 276 g/mol. The van der Waals surface area contributed by atoms with E-state index in [1.54, 1.807) is 12.4 Å². The third-order valence-electron chi connectivity index (χ3n) is 3.12. The Labute approximate surface area is 131 Å². The van der Waals surface area contributed by atoms with E-state index in [0.717, 1.165) is 23.5 Å². The van der Waals surface area contributed by atoms with Gasteiger partial charge in [-0.15, -0.1) is 0 Å². The molecule has 0 aliphatic rings. The van der Waals surface area contributed by atoms with Gasteiger partial charge < -0.3 is 16.0 Å². The highest BCUT2D eigenvalue weighted by molar-refractivity contribution is 5.77. The molecule has 0 aliphatic heterocycles. The van der Waals surface area contributed by atoms with Crippen molar-refractivity contribution < 1.29 is 0 Å². The van der Waals surface area contributed by atoms with E-state index in [0.29, 0.717) is 19.0 Å². The van der Waals surface area contributed by atoms with Crippen LogP contribution in [0.1, 0.15) is 11.3 Å². The molecular formula is C16H22N6. The summed E-state index contributed by atoms with van der Waals surface area (Å²) < 4.78 is 0. The molecule has 3 N–H and O–H groups in total. The lowest BCUT2D eigenvalue weighted by Crippen LogP contribution is -2.33.